The van der Waals surface area contributed by atoms with Gasteiger partial charge in [-0.05, 0) is 35.9 Å². The molecule has 2 aromatic carbocycles. The summed E-state index contributed by atoms with van der Waals surface area (Å²) in [6, 6.07) is 7.98. The molecule has 0 spiro atoms. The number of hydrogen-bond donors (Lipinski definition) is 2. The van der Waals surface area contributed by atoms with E-state index < -0.39 is 0 Å². The van der Waals surface area contributed by atoms with E-state index in [0.29, 0.717) is 26.5 Å². The lowest BCUT2D eigenvalue weighted by molar-refractivity contribution is 0.373. The number of benzene rings is 2. The smallest absolute Gasteiger partial charge is 0.161 e. The molecule has 110 valence electrons. The summed E-state index contributed by atoms with van der Waals surface area (Å²) in [5, 5.41) is 14.7. The molecule has 0 fully saturated rings. The van der Waals surface area contributed by atoms with E-state index in [0.717, 1.165) is 5.56 Å². The molecule has 7 heteroatoms. The van der Waals surface area contributed by atoms with Crippen molar-refractivity contribution >= 4 is 46.7 Å². The van der Waals surface area contributed by atoms with E-state index >= 15 is 0 Å². The lowest BCUT2D eigenvalue weighted by Gasteiger charge is -2.07. The van der Waals surface area contributed by atoms with Crippen LogP contribution in [0.1, 0.15) is 5.56 Å². The Balaban J connectivity index is 2.16. The molecule has 0 aliphatic carbocycles. The van der Waals surface area contributed by atoms with Gasteiger partial charge in [0.15, 0.2) is 11.5 Å². The third-order valence-corrected chi connectivity index (χ3v) is 3.42. The number of phenolic OH excluding ortho intramolecular Hbond substituents is 1. The number of methoxy groups -OCH3 is 1. The molecule has 0 radical (unpaired) electrons. The van der Waals surface area contributed by atoms with Gasteiger partial charge in [-0.15, -0.1) is 0 Å². The van der Waals surface area contributed by atoms with Crippen molar-refractivity contribution in [3.8, 4) is 11.5 Å². The summed E-state index contributed by atoms with van der Waals surface area (Å²) < 4.78 is 5.01. The van der Waals surface area contributed by atoms with E-state index in [2.05, 4.69) is 10.5 Å². The Morgan fingerprint density at radius 3 is 2.43 bits per heavy atom. The van der Waals surface area contributed by atoms with Gasteiger partial charge in [-0.2, -0.15) is 5.10 Å². The van der Waals surface area contributed by atoms with E-state index in [1.165, 1.54) is 13.2 Å². The Morgan fingerprint density at radius 1 is 1.14 bits per heavy atom. The minimum Gasteiger partial charge on any atom is -0.504 e. The van der Waals surface area contributed by atoms with Gasteiger partial charge in [-0.1, -0.05) is 34.8 Å². The summed E-state index contributed by atoms with van der Waals surface area (Å²) >= 11 is 17.9. The van der Waals surface area contributed by atoms with Gasteiger partial charge >= 0.3 is 0 Å². The lowest BCUT2D eigenvalue weighted by Crippen LogP contribution is -1.93. The van der Waals surface area contributed by atoms with Crippen molar-refractivity contribution in [2.75, 3.05) is 12.5 Å². The van der Waals surface area contributed by atoms with E-state index in [1.54, 1.807) is 30.5 Å². The van der Waals surface area contributed by atoms with Gasteiger partial charge in [0.25, 0.3) is 0 Å². The molecule has 2 aromatic rings. The molecule has 0 saturated heterocycles. The Labute approximate surface area is 136 Å². The van der Waals surface area contributed by atoms with Crippen LogP contribution < -0.4 is 10.2 Å². The number of halogens is 3. The van der Waals surface area contributed by atoms with Crippen molar-refractivity contribution in [2.45, 2.75) is 0 Å². The number of aromatic hydroxyl groups is 1. The molecule has 0 saturated carbocycles. The van der Waals surface area contributed by atoms with Gasteiger partial charge in [0.2, 0.25) is 0 Å². The molecule has 0 amide bonds. The fraction of sp³-hybridized carbons (Fsp3) is 0.0714. The molecule has 0 aliphatic rings. The van der Waals surface area contributed by atoms with Crippen LogP contribution in [0.25, 0.3) is 0 Å². The van der Waals surface area contributed by atoms with Crippen molar-refractivity contribution in [1.29, 1.82) is 0 Å². The van der Waals surface area contributed by atoms with Crippen LogP contribution in [-0.2, 0) is 0 Å². The minimum atomic E-state index is 0.0615. The number of phenols is 1. The van der Waals surface area contributed by atoms with Gasteiger partial charge < -0.3 is 9.84 Å². The van der Waals surface area contributed by atoms with E-state index in [1.807, 2.05) is 0 Å². The highest BCUT2D eigenvalue weighted by molar-refractivity contribution is 6.41. The van der Waals surface area contributed by atoms with Crippen LogP contribution in [0.2, 0.25) is 15.1 Å². The predicted octanol–water partition coefficient (Wildman–Crippen LogP) is 4.81. The average Bonchev–Trinajstić information content (AvgIpc) is 2.43. The fourth-order valence-corrected chi connectivity index (χ4v) is 2.50. The first-order valence-electron chi connectivity index (χ1n) is 5.82. The third-order valence-electron chi connectivity index (χ3n) is 2.60. The minimum absolute atomic E-state index is 0.0615. The highest BCUT2D eigenvalue weighted by Crippen LogP contribution is 2.33. The molecule has 0 unspecified atom stereocenters. The molecule has 21 heavy (non-hydrogen) atoms. The first kappa shape index (κ1) is 15.8. The Morgan fingerprint density at radius 2 is 1.81 bits per heavy atom. The quantitative estimate of drug-likeness (QED) is 0.618. The topological polar surface area (TPSA) is 53.8 Å². The fourth-order valence-electron chi connectivity index (χ4n) is 1.59. The average molecular weight is 346 g/mol. The maximum absolute atomic E-state index is 9.50. The molecule has 4 nitrogen and oxygen atoms in total. The second kappa shape index (κ2) is 6.89. The van der Waals surface area contributed by atoms with Crippen LogP contribution >= 0.6 is 34.8 Å². The van der Waals surface area contributed by atoms with Crippen LogP contribution in [0.3, 0.4) is 0 Å². The van der Waals surface area contributed by atoms with Crippen molar-refractivity contribution in [2.24, 2.45) is 5.10 Å². The normalized spacial score (nSPS) is 10.9. The van der Waals surface area contributed by atoms with Gasteiger partial charge in [0, 0.05) is 5.02 Å². The zero-order valence-electron chi connectivity index (χ0n) is 10.9. The lowest BCUT2D eigenvalue weighted by atomic mass is 10.2. The van der Waals surface area contributed by atoms with Gasteiger partial charge in [-0.3, -0.25) is 5.43 Å². The van der Waals surface area contributed by atoms with Crippen molar-refractivity contribution in [3.63, 3.8) is 0 Å². The predicted molar refractivity (Wildman–Crippen MR) is 87.3 cm³/mol. The second-order valence-corrected chi connectivity index (χ2v) is 5.30. The summed E-state index contributed by atoms with van der Waals surface area (Å²) in [6.07, 6.45) is 1.54. The van der Waals surface area contributed by atoms with Crippen molar-refractivity contribution in [1.82, 2.24) is 0 Å². The summed E-state index contributed by atoms with van der Waals surface area (Å²) in [5.74, 6) is 0.424. The summed E-state index contributed by atoms with van der Waals surface area (Å²) in [6.45, 7) is 0. The number of nitrogens with one attached hydrogen (secondary N) is 1. The number of hydrazone groups is 1. The van der Waals surface area contributed by atoms with Gasteiger partial charge in [-0.25, -0.2) is 0 Å². The molecule has 2 N–H and O–H groups in total. The maximum Gasteiger partial charge on any atom is 0.161 e. The third kappa shape index (κ3) is 3.94. The Bertz CT molecular complexity index is 667. The molecular weight excluding hydrogens is 335 g/mol. The molecule has 0 aliphatic heterocycles. The van der Waals surface area contributed by atoms with Crippen LogP contribution in [0.5, 0.6) is 11.5 Å². The Hall–Kier alpha value is -1.62. The largest absolute Gasteiger partial charge is 0.504 e. The summed E-state index contributed by atoms with van der Waals surface area (Å²) in [5.41, 5.74) is 3.95. The SMILES string of the molecule is COc1cc(/C=N\Nc2c(Cl)cc(Cl)cc2Cl)ccc1O. The van der Waals surface area contributed by atoms with E-state index in [4.69, 9.17) is 39.5 Å². The van der Waals surface area contributed by atoms with E-state index in [9.17, 15) is 5.11 Å². The first-order chi connectivity index (χ1) is 10.0. The molecule has 0 bridgehead atoms. The number of hydrogen-bond acceptors (Lipinski definition) is 4. The zero-order chi connectivity index (χ0) is 15.4. The highest BCUT2D eigenvalue weighted by Gasteiger charge is 2.06. The van der Waals surface area contributed by atoms with Crippen LogP contribution in [0.4, 0.5) is 5.69 Å². The van der Waals surface area contributed by atoms with Crippen molar-refractivity contribution in [3.05, 3.63) is 51.0 Å². The van der Waals surface area contributed by atoms with Crippen LogP contribution in [0, 0.1) is 0 Å². The van der Waals surface area contributed by atoms with Gasteiger partial charge in [0.05, 0.1) is 29.1 Å². The second-order valence-electron chi connectivity index (χ2n) is 4.05. The number of nitrogens with zero attached hydrogens (tertiary/aromatic N) is 1. The molecule has 0 aromatic heterocycles. The zero-order valence-corrected chi connectivity index (χ0v) is 13.2. The number of ether oxygens (including phenoxy) is 1. The highest BCUT2D eigenvalue weighted by atomic mass is 35.5. The monoisotopic (exact) mass is 344 g/mol. The van der Waals surface area contributed by atoms with Crippen LogP contribution in [-0.4, -0.2) is 18.4 Å². The molecule has 0 atom stereocenters. The van der Waals surface area contributed by atoms with E-state index in [-0.39, 0.29) is 5.75 Å². The molecule has 2 rings (SSSR count). The Kier molecular flexibility index (Phi) is 5.17. The van der Waals surface area contributed by atoms with Crippen LogP contribution in [0.15, 0.2) is 35.4 Å². The standard InChI is InChI=1S/C14H11Cl3N2O2/c1-21-13-4-8(2-3-12(13)20)7-18-19-14-10(16)5-9(15)6-11(14)17/h2-7,19-20H,1H3/b18-7-. The number of anilines is 1. The van der Waals surface area contributed by atoms with Crippen molar-refractivity contribution < 1.29 is 9.84 Å². The maximum atomic E-state index is 9.50. The first-order valence-corrected chi connectivity index (χ1v) is 6.95. The molecular formula is C14H11Cl3N2O2. The summed E-state index contributed by atoms with van der Waals surface area (Å²) in [7, 11) is 1.47. The van der Waals surface area contributed by atoms with Gasteiger partial charge in [0.1, 0.15) is 0 Å². The summed E-state index contributed by atoms with van der Waals surface area (Å²) in [4.78, 5) is 0. The molecule has 0 heterocycles. The number of rotatable bonds is 4.